The molecule has 0 aromatic heterocycles. The number of rotatable bonds is 7. The molecule has 1 aliphatic heterocycles. The first-order valence-electron chi connectivity index (χ1n) is 7.94. The maximum absolute atomic E-state index is 11.9. The van der Waals surface area contributed by atoms with Crippen LogP contribution in [0.25, 0.3) is 0 Å². The average Bonchev–Trinajstić information content (AvgIpc) is 3.07. The van der Waals surface area contributed by atoms with Gasteiger partial charge in [0.25, 0.3) is 0 Å². The molecule has 0 bridgehead atoms. The highest BCUT2D eigenvalue weighted by Crippen LogP contribution is 2.31. The van der Waals surface area contributed by atoms with Crippen LogP contribution < -0.4 is 15.4 Å². The van der Waals surface area contributed by atoms with E-state index in [4.69, 9.17) is 14.2 Å². The summed E-state index contributed by atoms with van der Waals surface area (Å²) in [5.41, 5.74) is 0.595. The van der Waals surface area contributed by atoms with Crippen molar-refractivity contribution in [2.45, 2.75) is 33.0 Å². The number of carbonyl (C=O) groups excluding carboxylic acids is 1. The fourth-order valence-corrected chi connectivity index (χ4v) is 2.59. The minimum absolute atomic E-state index is 0.0582. The normalized spacial score (nSPS) is 15.4. The molecule has 1 aliphatic rings. The molecule has 6 heteroatoms. The van der Waals surface area contributed by atoms with E-state index in [0.717, 1.165) is 12.8 Å². The number of hydrogen-bond acceptors (Lipinski definition) is 4. The van der Waals surface area contributed by atoms with Crippen molar-refractivity contribution in [2.75, 3.05) is 32.2 Å². The van der Waals surface area contributed by atoms with Gasteiger partial charge in [0.1, 0.15) is 5.75 Å². The smallest absolute Gasteiger partial charge is 0.319 e. The third kappa shape index (κ3) is 5.11. The summed E-state index contributed by atoms with van der Waals surface area (Å²) in [5, 5.41) is 5.65. The molecule has 1 saturated heterocycles. The van der Waals surface area contributed by atoms with Gasteiger partial charge in [0.2, 0.25) is 0 Å². The second kappa shape index (κ2) is 8.17. The zero-order chi connectivity index (χ0) is 16.7. The van der Waals surface area contributed by atoms with E-state index in [0.29, 0.717) is 31.2 Å². The number of hydrogen-bond donors (Lipinski definition) is 2. The van der Waals surface area contributed by atoms with Gasteiger partial charge in [-0.1, -0.05) is 26.0 Å². The van der Waals surface area contributed by atoms with Crippen LogP contribution in [0.4, 0.5) is 10.5 Å². The van der Waals surface area contributed by atoms with Crippen molar-refractivity contribution in [1.82, 2.24) is 5.32 Å². The molecule has 0 spiro atoms. The Morgan fingerprint density at radius 2 is 2.00 bits per heavy atom. The van der Waals surface area contributed by atoms with Gasteiger partial charge in [-0.3, -0.25) is 0 Å². The minimum atomic E-state index is -0.235. The monoisotopic (exact) mass is 322 g/mol. The largest absolute Gasteiger partial charge is 0.495 e. The molecule has 2 N–H and O–H groups in total. The van der Waals surface area contributed by atoms with Crippen LogP contribution in [0.15, 0.2) is 24.3 Å². The van der Waals surface area contributed by atoms with Crippen molar-refractivity contribution >= 4 is 11.7 Å². The molecule has 1 fully saturated rings. The molecule has 0 radical (unpaired) electrons. The Labute approximate surface area is 137 Å². The number of anilines is 1. The van der Waals surface area contributed by atoms with Gasteiger partial charge in [0, 0.05) is 12.0 Å². The third-order valence-electron chi connectivity index (χ3n) is 3.90. The summed E-state index contributed by atoms with van der Waals surface area (Å²) >= 11 is 0. The van der Waals surface area contributed by atoms with E-state index in [1.807, 2.05) is 12.1 Å². The van der Waals surface area contributed by atoms with Crippen LogP contribution in [0.2, 0.25) is 0 Å². The Bertz CT molecular complexity index is 513. The predicted octanol–water partition coefficient (Wildman–Crippen LogP) is 3.00. The number of methoxy groups -OCH3 is 1. The first-order chi connectivity index (χ1) is 11.0. The van der Waals surface area contributed by atoms with Crippen LogP contribution in [-0.4, -0.2) is 39.2 Å². The van der Waals surface area contributed by atoms with Crippen molar-refractivity contribution < 1.29 is 19.0 Å². The molecule has 1 heterocycles. The molecule has 2 amide bonds. The van der Waals surface area contributed by atoms with Crippen molar-refractivity contribution in [1.29, 1.82) is 0 Å². The predicted molar refractivity (Wildman–Crippen MR) is 88.7 cm³/mol. The van der Waals surface area contributed by atoms with E-state index in [9.17, 15) is 4.79 Å². The topological polar surface area (TPSA) is 68.8 Å². The van der Waals surface area contributed by atoms with Gasteiger partial charge in [-0.05, 0) is 25.0 Å². The van der Waals surface area contributed by atoms with Gasteiger partial charge in [0.15, 0.2) is 6.29 Å². The summed E-state index contributed by atoms with van der Waals surface area (Å²) in [5.74, 6) is 0.638. The Kier molecular flexibility index (Phi) is 6.24. The molecule has 0 atom stereocenters. The summed E-state index contributed by atoms with van der Waals surface area (Å²) in [6.07, 6.45) is 1.62. The lowest BCUT2D eigenvalue weighted by Crippen LogP contribution is -2.33. The molecule has 0 saturated carbocycles. The summed E-state index contributed by atoms with van der Waals surface area (Å²) in [6, 6.07) is 7.08. The quantitative estimate of drug-likeness (QED) is 0.757. The van der Waals surface area contributed by atoms with Crippen molar-refractivity contribution in [3.05, 3.63) is 24.3 Å². The van der Waals surface area contributed by atoms with E-state index in [-0.39, 0.29) is 17.7 Å². The first-order valence-corrected chi connectivity index (χ1v) is 7.94. The Morgan fingerprint density at radius 1 is 1.30 bits per heavy atom. The molecule has 128 valence electrons. The fraction of sp³-hybridized carbons (Fsp3) is 0.588. The lowest BCUT2D eigenvalue weighted by molar-refractivity contribution is -0.122. The Hall–Kier alpha value is -1.79. The zero-order valence-electron chi connectivity index (χ0n) is 14.1. The Morgan fingerprint density at radius 3 is 2.70 bits per heavy atom. The maximum Gasteiger partial charge on any atom is 0.319 e. The van der Waals surface area contributed by atoms with Crippen LogP contribution in [-0.2, 0) is 9.47 Å². The molecule has 0 aliphatic carbocycles. The van der Waals surface area contributed by atoms with Crippen LogP contribution in [0.5, 0.6) is 5.75 Å². The SMILES string of the molecule is COc1ccccc1NC(=O)NCCCC(C)(C)C1OCCO1. The highest BCUT2D eigenvalue weighted by Gasteiger charge is 2.33. The second-order valence-electron chi connectivity index (χ2n) is 6.25. The molecule has 0 unspecified atom stereocenters. The molecule has 1 aromatic carbocycles. The van der Waals surface area contributed by atoms with Gasteiger partial charge in [-0.2, -0.15) is 0 Å². The summed E-state index contributed by atoms with van der Waals surface area (Å²) in [4.78, 5) is 11.9. The molecular formula is C17H26N2O4. The lowest BCUT2D eigenvalue weighted by atomic mass is 9.87. The standard InChI is InChI=1S/C17H26N2O4/c1-17(2,15-22-11-12-23-15)9-6-10-18-16(20)19-13-7-4-5-8-14(13)21-3/h4-5,7-8,15H,6,9-12H2,1-3H3,(H2,18,19,20). The van der Waals surface area contributed by atoms with Crippen molar-refractivity contribution in [3.8, 4) is 5.75 Å². The number of urea groups is 1. The van der Waals surface area contributed by atoms with Crippen LogP contribution in [0.1, 0.15) is 26.7 Å². The van der Waals surface area contributed by atoms with Gasteiger partial charge < -0.3 is 24.8 Å². The fourth-order valence-electron chi connectivity index (χ4n) is 2.59. The summed E-state index contributed by atoms with van der Waals surface area (Å²) in [6.45, 7) is 6.16. The third-order valence-corrected chi connectivity index (χ3v) is 3.90. The van der Waals surface area contributed by atoms with Gasteiger partial charge in [-0.15, -0.1) is 0 Å². The van der Waals surface area contributed by atoms with E-state index in [1.165, 1.54) is 0 Å². The zero-order valence-corrected chi connectivity index (χ0v) is 14.1. The molecule has 1 aromatic rings. The lowest BCUT2D eigenvalue weighted by Gasteiger charge is -2.29. The van der Waals surface area contributed by atoms with E-state index in [1.54, 1.807) is 19.2 Å². The number of carbonyl (C=O) groups is 1. The van der Waals surface area contributed by atoms with E-state index < -0.39 is 0 Å². The summed E-state index contributed by atoms with van der Waals surface area (Å²) < 4.78 is 16.3. The van der Waals surface area contributed by atoms with Crippen molar-refractivity contribution in [3.63, 3.8) is 0 Å². The van der Waals surface area contributed by atoms with Gasteiger partial charge in [-0.25, -0.2) is 4.79 Å². The maximum atomic E-state index is 11.9. The second-order valence-corrected chi connectivity index (χ2v) is 6.25. The number of amides is 2. The molecule has 6 nitrogen and oxygen atoms in total. The summed E-state index contributed by atoms with van der Waals surface area (Å²) in [7, 11) is 1.58. The number of benzene rings is 1. The number of para-hydroxylation sites is 2. The highest BCUT2D eigenvalue weighted by molar-refractivity contribution is 5.90. The Balaban J connectivity index is 1.70. The number of ether oxygens (including phenoxy) is 3. The van der Waals surface area contributed by atoms with Crippen LogP contribution >= 0.6 is 0 Å². The van der Waals surface area contributed by atoms with E-state index >= 15 is 0 Å². The first kappa shape index (κ1) is 17.6. The van der Waals surface area contributed by atoms with Crippen molar-refractivity contribution in [2.24, 2.45) is 5.41 Å². The van der Waals surface area contributed by atoms with Crippen LogP contribution in [0, 0.1) is 5.41 Å². The van der Waals surface area contributed by atoms with Crippen LogP contribution in [0.3, 0.4) is 0 Å². The highest BCUT2D eigenvalue weighted by atomic mass is 16.7. The molecule has 23 heavy (non-hydrogen) atoms. The van der Waals surface area contributed by atoms with Gasteiger partial charge >= 0.3 is 6.03 Å². The van der Waals surface area contributed by atoms with Gasteiger partial charge in [0.05, 0.1) is 26.0 Å². The minimum Gasteiger partial charge on any atom is -0.495 e. The van der Waals surface area contributed by atoms with E-state index in [2.05, 4.69) is 24.5 Å². The molecule has 2 rings (SSSR count). The molecular weight excluding hydrogens is 296 g/mol. The average molecular weight is 322 g/mol. The number of nitrogens with one attached hydrogen (secondary N) is 2.